The number of nitrogens with zero attached hydrogens (tertiary/aromatic N) is 1. The van der Waals surface area contributed by atoms with Gasteiger partial charge in [-0.15, -0.1) is 0 Å². The summed E-state index contributed by atoms with van der Waals surface area (Å²) in [6, 6.07) is 0. The summed E-state index contributed by atoms with van der Waals surface area (Å²) in [5.41, 5.74) is 0.710. The van der Waals surface area contributed by atoms with E-state index < -0.39 is 0 Å². The van der Waals surface area contributed by atoms with E-state index in [-0.39, 0.29) is 5.41 Å². The zero-order valence-corrected chi connectivity index (χ0v) is 15.9. The van der Waals surface area contributed by atoms with E-state index in [2.05, 4.69) is 43.3 Å². The van der Waals surface area contributed by atoms with Gasteiger partial charge in [0.05, 0.1) is 6.10 Å². The number of hydrogen-bond donors (Lipinski definition) is 2. The maximum Gasteiger partial charge on any atom is 0.191 e. The van der Waals surface area contributed by atoms with Gasteiger partial charge in [-0.05, 0) is 42.9 Å². The lowest BCUT2D eigenvalue weighted by atomic mass is 9.67. The molecule has 4 heteroatoms. The van der Waals surface area contributed by atoms with E-state index in [0.717, 1.165) is 25.7 Å². The van der Waals surface area contributed by atoms with E-state index in [1.165, 1.54) is 38.5 Å². The van der Waals surface area contributed by atoms with Gasteiger partial charge < -0.3 is 15.4 Å². The third kappa shape index (κ3) is 4.85. The maximum atomic E-state index is 6.08. The minimum atomic E-state index is 0.196. The number of guanidine groups is 1. The minimum absolute atomic E-state index is 0.196. The molecular formula is C19H37N3O. The molecule has 23 heavy (non-hydrogen) atoms. The van der Waals surface area contributed by atoms with Crippen LogP contribution in [-0.4, -0.2) is 38.8 Å². The van der Waals surface area contributed by atoms with E-state index in [0.29, 0.717) is 17.4 Å². The largest absolute Gasteiger partial charge is 0.377 e. The van der Waals surface area contributed by atoms with Gasteiger partial charge in [0.2, 0.25) is 0 Å². The molecule has 0 aromatic carbocycles. The minimum Gasteiger partial charge on any atom is -0.377 e. The molecule has 0 radical (unpaired) electrons. The van der Waals surface area contributed by atoms with Crippen LogP contribution in [0.4, 0.5) is 0 Å². The molecule has 0 spiro atoms. The van der Waals surface area contributed by atoms with Crippen molar-refractivity contribution in [3.8, 4) is 0 Å². The smallest absolute Gasteiger partial charge is 0.191 e. The molecule has 0 bridgehead atoms. The molecule has 0 amide bonds. The molecule has 4 nitrogen and oxygen atoms in total. The molecule has 2 unspecified atom stereocenters. The van der Waals surface area contributed by atoms with Crippen molar-refractivity contribution in [3.63, 3.8) is 0 Å². The monoisotopic (exact) mass is 323 g/mol. The first-order valence-corrected chi connectivity index (χ1v) is 9.46. The number of hydrogen-bond acceptors (Lipinski definition) is 2. The molecule has 134 valence electrons. The molecule has 1 saturated carbocycles. The first kappa shape index (κ1) is 18.6. The van der Waals surface area contributed by atoms with Crippen molar-refractivity contribution in [2.45, 2.75) is 72.3 Å². The number of aliphatic imine (C=N–C) groups is 1. The van der Waals surface area contributed by atoms with Gasteiger partial charge in [0, 0.05) is 32.7 Å². The van der Waals surface area contributed by atoms with Gasteiger partial charge in [0.1, 0.15) is 0 Å². The lowest BCUT2D eigenvalue weighted by molar-refractivity contribution is -0.0835. The zero-order valence-electron chi connectivity index (χ0n) is 15.9. The highest BCUT2D eigenvalue weighted by Gasteiger charge is 2.36. The molecule has 2 fully saturated rings. The maximum absolute atomic E-state index is 6.08. The van der Waals surface area contributed by atoms with Crippen molar-refractivity contribution in [2.75, 3.05) is 26.7 Å². The van der Waals surface area contributed by atoms with Crippen LogP contribution in [0.15, 0.2) is 4.99 Å². The van der Waals surface area contributed by atoms with E-state index in [9.17, 15) is 0 Å². The molecule has 2 rings (SSSR count). The van der Waals surface area contributed by atoms with Crippen molar-refractivity contribution < 1.29 is 4.74 Å². The van der Waals surface area contributed by atoms with Crippen molar-refractivity contribution in [2.24, 2.45) is 21.7 Å². The summed E-state index contributed by atoms with van der Waals surface area (Å²) >= 11 is 0. The summed E-state index contributed by atoms with van der Waals surface area (Å²) in [5.74, 6) is 1.51. The summed E-state index contributed by atoms with van der Waals surface area (Å²) in [7, 11) is 1.87. The second-order valence-corrected chi connectivity index (χ2v) is 8.57. The molecule has 0 aromatic heterocycles. The van der Waals surface area contributed by atoms with Gasteiger partial charge in [-0.3, -0.25) is 4.99 Å². The first-order valence-electron chi connectivity index (χ1n) is 9.46. The molecule has 2 aliphatic rings. The van der Waals surface area contributed by atoms with Crippen LogP contribution < -0.4 is 10.6 Å². The average molecular weight is 324 g/mol. The number of ether oxygens (including phenoxy) is 1. The molecule has 2 N–H and O–H groups in total. The Bertz CT molecular complexity index is 390. The SMILES string of the molecule is CCC1(CNC(=NC)NCC2CCCOC2C(C)(C)C)CCC1. The fraction of sp³-hybridized carbons (Fsp3) is 0.947. The highest BCUT2D eigenvalue weighted by atomic mass is 16.5. The standard InChI is InChI=1S/C19H37N3O/c1-6-19(10-8-11-19)14-22-17(20-5)21-13-15-9-7-12-23-16(15)18(2,3)4/h15-16H,6-14H2,1-5H3,(H2,20,21,22). The van der Waals surface area contributed by atoms with Crippen LogP contribution in [0, 0.1) is 16.7 Å². The molecule has 1 heterocycles. The van der Waals surface area contributed by atoms with E-state index in [1.54, 1.807) is 0 Å². The average Bonchev–Trinajstić information content (AvgIpc) is 2.49. The van der Waals surface area contributed by atoms with Crippen LogP contribution in [0.1, 0.15) is 66.2 Å². The van der Waals surface area contributed by atoms with E-state index in [4.69, 9.17) is 4.74 Å². The van der Waals surface area contributed by atoms with Gasteiger partial charge in [0.25, 0.3) is 0 Å². The zero-order chi connectivity index (χ0) is 16.9. The Balaban J connectivity index is 1.82. The molecular weight excluding hydrogens is 286 g/mol. The number of rotatable bonds is 5. The Morgan fingerprint density at radius 3 is 2.48 bits per heavy atom. The Morgan fingerprint density at radius 1 is 1.22 bits per heavy atom. The summed E-state index contributed by atoms with van der Waals surface area (Å²) < 4.78 is 6.08. The highest BCUT2D eigenvalue weighted by molar-refractivity contribution is 5.79. The predicted octanol–water partition coefficient (Wildman–Crippen LogP) is 3.57. The van der Waals surface area contributed by atoms with Gasteiger partial charge in [-0.1, -0.05) is 34.1 Å². The van der Waals surface area contributed by atoms with Gasteiger partial charge in [0.15, 0.2) is 5.96 Å². The quantitative estimate of drug-likeness (QED) is 0.600. The van der Waals surface area contributed by atoms with E-state index in [1.807, 2.05) is 7.05 Å². The van der Waals surface area contributed by atoms with Crippen LogP contribution in [0.5, 0.6) is 0 Å². The third-order valence-electron chi connectivity index (χ3n) is 5.85. The lowest BCUT2D eigenvalue weighted by Crippen LogP contribution is -2.50. The summed E-state index contributed by atoms with van der Waals surface area (Å²) in [6.07, 6.45) is 8.10. The lowest BCUT2D eigenvalue weighted by Gasteiger charge is -2.42. The van der Waals surface area contributed by atoms with E-state index >= 15 is 0 Å². The molecule has 1 aliphatic heterocycles. The van der Waals surface area contributed by atoms with Crippen LogP contribution >= 0.6 is 0 Å². The van der Waals surface area contributed by atoms with Crippen molar-refractivity contribution in [1.29, 1.82) is 0 Å². The van der Waals surface area contributed by atoms with Gasteiger partial charge >= 0.3 is 0 Å². The topological polar surface area (TPSA) is 45.7 Å². The van der Waals surface area contributed by atoms with Crippen LogP contribution in [0.25, 0.3) is 0 Å². The molecule has 0 aromatic rings. The third-order valence-corrected chi connectivity index (χ3v) is 5.85. The fourth-order valence-electron chi connectivity index (χ4n) is 4.06. The second kappa shape index (κ2) is 7.87. The molecule has 1 aliphatic carbocycles. The normalized spacial score (nSPS) is 28.1. The summed E-state index contributed by atoms with van der Waals surface area (Å²) in [5, 5.41) is 7.10. The first-order chi connectivity index (χ1) is 10.9. The molecule has 1 saturated heterocycles. The van der Waals surface area contributed by atoms with Crippen LogP contribution in [0.2, 0.25) is 0 Å². The summed E-state index contributed by atoms with van der Waals surface area (Å²) in [4.78, 5) is 4.41. The Kier molecular flexibility index (Phi) is 6.35. The molecule has 2 atom stereocenters. The predicted molar refractivity (Wildman–Crippen MR) is 97.9 cm³/mol. The van der Waals surface area contributed by atoms with Gasteiger partial charge in [-0.2, -0.15) is 0 Å². The fourth-order valence-corrected chi connectivity index (χ4v) is 4.06. The van der Waals surface area contributed by atoms with Crippen LogP contribution in [0.3, 0.4) is 0 Å². The van der Waals surface area contributed by atoms with Crippen molar-refractivity contribution in [1.82, 2.24) is 10.6 Å². The highest BCUT2D eigenvalue weighted by Crippen LogP contribution is 2.43. The number of nitrogens with one attached hydrogen (secondary N) is 2. The summed E-state index contributed by atoms with van der Waals surface area (Å²) in [6.45, 7) is 12.1. The van der Waals surface area contributed by atoms with Crippen LogP contribution in [-0.2, 0) is 4.74 Å². The second-order valence-electron chi connectivity index (χ2n) is 8.57. The Morgan fingerprint density at radius 2 is 1.96 bits per heavy atom. The Labute approximate surface area is 142 Å². The van der Waals surface area contributed by atoms with Gasteiger partial charge in [-0.25, -0.2) is 0 Å². The Hall–Kier alpha value is -0.770. The van der Waals surface area contributed by atoms with Crippen molar-refractivity contribution in [3.05, 3.63) is 0 Å². The van der Waals surface area contributed by atoms with Crippen molar-refractivity contribution >= 4 is 5.96 Å².